The number of rotatable bonds is 5. The summed E-state index contributed by atoms with van der Waals surface area (Å²) < 4.78 is 3.59. The zero-order valence-electron chi connectivity index (χ0n) is 17.2. The Labute approximate surface area is 174 Å². The van der Waals surface area contributed by atoms with Gasteiger partial charge in [-0.15, -0.1) is 0 Å². The highest BCUT2D eigenvalue weighted by Crippen LogP contribution is 2.15. The van der Waals surface area contributed by atoms with Crippen LogP contribution in [0.3, 0.4) is 0 Å². The molecule has 30 heavy (non-hydrogen) atoms. The highest BCUT2D eigenvalue weighted by atomic mass is 16.2. The molecule has 0 unspecified atom stereocenters. The van der Waals surface area contributed by atoms with Crippen molar-refractivity contribution in [2.24, 2.45) is 0 Å². The zero-order chi connectivity index (χ0) is 21.3. The van der Waals surface area contributed by atoms with E-state index in [4.69, 9.17) is 0 Å². The molecule has 1 N–H and O–H groups in total. The summed E-state index contributed by atoms with van der Waals surface area (Å²) in [7, 11) is 0. The molecule has 7 nitrogen and oxygen atoms in total. The number of carbonyl (C=O) groups is 1. The summed E-state index contributed by atoms with van der Waals surface area (Å²) in [6, 6.07) is 16.7. The van der Waals surface area contributed by atoms with Crippen LogP contribution in [0.15, 0.2) is 59.4 Å². The lowest BCUT2D eigenvalue weighted by atomic mass is 10.1. The number of carbonyl (C=O) groups excluding carboxylic acids is 1. The molecule has 2 heterocycles. The van der Waals surface area contributed by atoms with Crippen LogP contribution in [0.5, 0.6) is 0 Å². The van der Waals surface area contributed by atoms with Gasteiger partial charge >= 0.3 is 0 Å². The number of hydrogen-bond donors (Lipinski definition) is 1. The predicted octanol–water partition coefficient (Wildman–Crippen LogP) is 3.53. The van der Waals surface area contributed by atoms with Crippen LogP contribution in [0.25, 0.3) is 10.9 Å². The topological polar surface area (TPSA) is 81.8 Å². The molecular formula is C23H23N5O2. The second kappa shape index (κ2) is 7.94. The van der Waals surface area contributed by atoms with E-state index in [1.54, 1.807) is 22.9 Å². The molecule has 0 fully saturated rings. The number of anilines is 1. The molecule has 2 aromatic heterocycles. The second-order valence-electron chi connectivity index (χ2n) is 7.25. The Morgan fingerprint density at radius 3 is 2.53 bits per heavy atom. The Kier molecular flexibility index (Phi) is 5.18. The molecule has 0 atom stereocenters. The van der Waals surface area contributed by atoms with Gasteiger partial charge in [0.15, 0.2) is 5.69 Å². The third-order valence-corrected chi connectivity index (χ3v) is 5.00. The molecule has 0 aliphatic rings. The van der Waals surface area contributed by atoms with Crippen molar-refractivity contribution in [3.8, 4) is 0 Å². The number of aromatic nitrogens is 4. The Balaban J connectivity index is 1.62. The Hall–Kier alpha value is -3.74. The lowest BCUT2D eigenvalue weighted by Crippen LogP contribution is -2.27. The van der Waals surface area contributed by atoms with E-state index in [-0.39, 0.29) is 11.1 Å². The van der Waals surface area contributed by atoms with E-state index in [1.165, 1.54) is 0 Å². The number of benzene rings is 2. The van der Waals surface area contributed by atoms with Crippen molar-refractivity contribution in [3.05, 3.63) is 87.5 Å². The van der Waals surface area contributed by atoms with Crippen molar-refractivity contribution >= 4 is 22.5 Å². The van der Waals surface area contributed by atoms with Gasteiger partial charge in [0.1, 0.15) is 0 Å². The standard InChI is InChI=1S/C23H23N5O2/c1-4-27-20-11-6-5-10-19(20)22(29)21(26-27)23(30)24-18-9-7-8-17(13-18)14-28-16(3)12-15(2)25-28/h5-13H,4,14H2,1-3H3,(H,24,30). The number of nitrogens with one attached hydrogen (secondary N) is 1. The molecule has 2 aromatic carbocycles. The molecule has 0 bridgehead atoms. The minimum atomic E-state index is -0.517. The van der Waals surface area contributed by atoms with Crippen molar-refractivity contribution in [1.29, 1.82) is 0 Å². The summed E-state index contributed by atoms with van der Waals surface area (Å²) in [5.74, 6) is -0.517. The van der Waals surface area contributed by atoms with Crippen molar-refractivity contribution in [2.45, 2.75) is 33.9 Å². The molecule has 1 amide bonds. The van der Waals surface area contributed by atoms with Crippen molar-refractivity contribution in [3.63, 3.8) is 0 Å². The molecule has 4 aromatic rings. The first-order valence-electron chi connectivity index (χ1n) is 9.87. The number of hydrogen-bond acceptors (Lipinski definition) is 4. The molecule has 0 radical (unpaired) electrons. The van der Waals surface area contributed by atoms with Gasteiger partial charge < -0.3 is 5.32 Å². The van der Waals surface area contributed by atoms with Gasteiger partial charge in [-0.25, -0.2) is 0 Å². The first-order valence-corrected chi connectivity index (χ1v) is 9.87. The largest absolute Gasteiger partial charge is 0.320 e. The molecule has 0 aliphatic carbocycles. The van der Waals surface area contributed by atoms with Crippen LogP contribution in [0.2, 0.25) is 0 Å². The molecule has 152 valence electrons. The summed E-state index contributed by atoms with van der Waals surface area (Å²) in [4.78, 5) is 25.7. The fourth-order valence-electron chi connectivity index (χ4n) is 3.57. The summed E-state index contributed by atoms with van der Waals surface area (Å²) in [5.41, 5.74) is 3.88. The van der Waals surface area contributed by atoms with Gasteiger partial charge in [-0.1, -0.05) is 24.3 Å². The first-order chi connectivity index (χ1) is 14.5. The second-order valence-corrected chi connectivity index (χ2v) is 7.25. The molecule has 7 heteroatoms. The van der Waals surface area contributed by atoms with Gasteiger partial charge in [-0.2, -0.15) is 10.2 Å². The normalized spacial score (nSPS) is 11.0. The van der Waals surface area contributed by atoms with E-state index >= 15 is 0 Å². The van der Waals surface area contributed by atoms with E-state index in [2.05, 4.69) is 15.5 Å². The van der Waals surface area contributed by atoms with Crippen LogP contribution in [-0.2, 0) is 13.1 Å². The molecule has 0 saturated heterocycles. The molecular weight excluding hydrogens is 378 g/mol. The maximum Gasteiger partial charge on any atom is 0.280 e. The van der Waals surface area contributed by atoms with E-state index in [0.717, 1.165) is 17.0 Å². The Morgan fingerprint density at radius 2 is 1.80 bits per heavy atom. The summed E-state index contributed by atoms with van der Waals surface area (Å²) in [6.45, 7) is 7.04. The molecule has 0 saturated carbocycles. The predicted molar refractivity (Wildman–Crippen MR) is 117 cm³/mol. The maximum absolute atomic E-state index is 12.9. The van der Waals surface area contributed by atoms with Crippen LogP contribution in [0.1, 0.15) is 34.4 Å². The summed E-state index contributed by atoms with van der Waals surface area (Å²) >= 11 is 0. The molecule has 4 rings (SSSR count). The molecule has 0 aliphatic heterocycles. The fraction of sp³-hybridized carbons (Fsp3) is 0.217. The monoisotopic (exact) mass is 401 g/mol. The Bertz CT molecular complexity index is 1300. The SMILES string of the molecule is CCn1nc(C(=O)Nc2cccc(Cn3nc(C)cc3C)c2)c(=O)c2ccccc21. The number of fused-ring (bicyclic) bond motifs is 1. The van der Waals surface area contributed by atoms with Gasteiger partial charge in [0.25, 0.3) is 5.91 Å². The average molecular weight is 401 g/mol. The van der Waals surface area contributed by atoms with Crippen LogP contribution < -0.4 is 10.7 Å². The van der Waals surface area contributed by atoms with E-state index < -0.39 is 5.91 Å². The smallest absolute Gasteiger partial charge is 0.280 e. The number of amides is 1. The van der Waals surface area contributed by atoms with Crippen molar-refractivity contribution in [1.82, 2.24) is 19.6 Å². The Morgan fingerprint density at radius 1 is 1.00 bits per heavy atom. The van der Waals surface area contributed by atoms with E-state index in [9.17, 15) is 9.59 Å². The maximum atomic E-state index is 12.9. The van der Waals surface area contributed by atoms with E-state index in [1.807, 2.05) is 61.9 Å². The van der Waals surface area contributed by atoms with Gasteiger partial charge in [-0.3, -0.25) is 19.0 Å². The third-order valence-electron chi connectivity index (χ3n) is 5.00. The molecule has 0 spiro atoms. The van der Waals surface area contributed by atoms with Gasteiger partial charge in [0, 0.05) is 23.3 Å². The van der Waals surface area contributed by atoms with Crippen molar-refractivity contribution in [2.75, 3.05) is 5.32 Å². The highest BCUT2D eigenvalue weighted by molar-refractivity contribution is 6.04. The quantitative estimate of drug-likeness (QED) is 0.555. The number of para-hydroxylation sites is 1. The first kappa shape index (κ1) is 19.6. The van der Waals surface area contributed by atoms with Crippen LogP contribution in [-0.4, -0.2) is 25.5 Å². The highest BCUT2D eigenvalue weighted by Gasteiger charge is 2.17. The zero-order valence-corrected chi connectivity index (χ0v) is 17.2. The summed E-state index contributed by atoms with van der Waals surface area (Å²) in [6.07, 6.45) is 0. The van der Waals surface area contributed by atoms with Crippen LogP contribution in [0, 0.1) is 13.8 Å². The summed E-state index contributed by atoms with van der Waals surface area (Å²) in [5, 5.41) is 12.1. The van der Waals surface area contributed by atoms with Crippen LogP contribution >= 0.6 is 0 Å². The minimum absolute atomic E-state index is 0.112. The van der Waals surface area contributed by atoms with Gasteiger partial charge in [0.05, 0.1) is 17.8 Å². The average Bonchev–Trinajstić information content (AvgIpc) is 3.05. The van der Waals surface area contributed by atoms with E-state index in [0.29, 0.717) is 29.7 Å². The lowest BCUT2D eigenvalue weighted by molar-refractivity contribution is 0.101. The number of aryl methyl sites for hydroxylation is 3. The lowest BCUT2D eigenvalue weighted by Gasteiger charge is -2.11. The minimum Gasteiger partial charge on any atom is -0.320 e. The number of nitrogens with zero attached hydrogens (tertiary/aromatic N) is 4. The fourth-order valence-corrected chi connectivity index (χ4v) is 3.57. The van der Waals surface area contributed by atoms with Crippen molar-refractivity contribution < 1.29 is 4.79 Å². The van der Waals surface area contributed by atoms with Crippen LogP contribution in [0.4, 0.5) is 5.69 Å². The van der Waals surface area contributed by atoms with Gasteiger partial charge in [-0.05, 0) is 56.7 Å². The van der Waals surface area contributed by atoms with Gasteiger partial charge in [0.2, 0.25) is 5.43 Å². The third kappa shape index (κ3) is 3.74.